The van der Waals surface area contributed by atoms with E-state index in [9.17, 15) is 4.79 Å². The van der Waals surface area contributed by atoms with Gasteiger partial charge >= 0.3 is 0 Å². The van der Waals surface area contributed by atoms with Crippen molar-refractivity contribution in [3.8, 4) is 0 Å². The van der Waals surface area contributed by atoms with E-state index >= 15 is 0 Å². The van der Waals surface area contributed by atoms with E-state index in [1.807, 2.05) is 16.5 Å². The van der Waals surface area contributed by atoms with Gasteiger partial charge in [-0.15, -0.1) is 12.4 Å². The van der Waals surface area contributed by atoms with E-state index in [2.05, 4.69) is 25.9 Å². The molecule has 1 saturated heterocycles. The van der Waals surface area contributed by atoms with Crippen molar-refractivity contribution in [2.24, 2.45) is 11.7 Å². The summed E-state index contributed by atoms with van der Waals surface area (Å²) in [4.78, 5) is 14.7. The molecule has 0 aliphatic carbocycles. The van der Waals surface area contributed by atoms with Crippen molar-refractivity contribution in [2.45, 2.75) is 66.0 Å². The predicted molar refractivity (Wildman–Crippen MR) is 107 cm³/mol. The first-order chi connectivity index (χ1) is 11.9. The van der Waals surface area contributed by atoms with Crippen LogP contribution in [0.5, 0.6) is 0 Å². The number of hydrogen-bond acceptors (Lipinski definition) is 4. The minimum atomic E-state index is 0. The molecule has 26 heavy (non-hydrogen) atoms. The maximum atomic E-state index is 12.7. The van der Waals surface area contributed by atoms with Crippen LogP contribution < -0.4 is 5.73 Å². The molecule has 150 valence electrons. The zero-order chi connectivity index (χ0) is 18.4. The Kier molecular flexibility index (Phi) is 9.61. The number of hydrogen-bond donors (Lipinski definition) is 1. The molecule has 1 aliphatic rings. The molecular weight excluding hydrogens is 352 g/mol. The number of likely N-dealkylation sites (tertiary alicyclic amines) is 1. The van der Waals surface area contributed by atoms with Crippen LogP contribution >= 0.6 is 12.4 Å². The third-order valence-corrected chi connectivity index (χ3v) is 4.89. The van der Waals surface area contributed by atoms with Crippen LogP contribution in [-0.4, -0.2) is 52.9 Å². The van der Waals surface area contributed by atoms with Crippen molar-refractivity contribution in [1.29, 1.82) is 0 Å². The van der Waals surface area contributed by atoms with Gasteiger partial charge in [-0.05, 0) is 45.6 Å². The minimum absolute atomic E-state index is 0. The van der Waals surface area contributed by atoms with Crippen LogP contribution in [0.4, 0.5) is 0 Å². The number of aryl methyl sites for hydroxylation is 1. The molecule has 1 aromatic rings. The monoisotopic (exact) mass is 386 g/mol. The van der Waals surface area contributed by atoms with Crippen LogP contribution in [0.25, 0.3) is 0 Å². The molecule has 0 spiro atoms. The summed E-state index contributed by atoms with van der Waals surface area (Å²) in [6, 6.07) is 0. The largest absolute Gasteiger partial charge is 0.378 e. The Balaban J connectivity index is 0.00000338. The van der Waals surface area contributed by atoms with Gasteiger partial charge in [-0.2, -0.15) is 5.10 Å². The molecule has 0 unspecified atom stereocenters. The third-order valence-electron chi connectivity index (χ3n) is 4.89. The lowest BCUT2D eigenvalue weighted by Crippen LogP contribution is -2.41. The van der Waals surface area contributed by atoms with Crippen LogP contribution in [0.2, 0.25) is 0 Å². The van der Waals surface area contributed by atoms with Gasteiger partial charge in [0.2, 0.25) is 5.91 Å². The number of nitrogens with zero attached hydrogens (tertiary/aromatic N) is 3. The Morgan fingerprint density at radius 1 is 1.31 bits per heavy atom. The fourth-order valence-corrected chi connectivity index (χ4v) is 3.38. The number of nitrogens with two attached hydrogens (primary N) is 1. The summed E-state index contributed by atoms with van der Waals surface area (Å²) in [7, 11) is 0. The first-order valence-corrected chi connectivity index (χ1v) is 9.54. The summed E-state index contributed by atoms with van der Waals surface area (Å²) in [5.74, 6) is 0.746. The second-order valence-corrected chi connectivity index (χ2v) is 7.50. The highest BCUT2D eigenvalue weighted by molar-refractivity contribution is 5.85. The van der Waals surface area contributed by atoms with Gasteiger partial charge in [-0.3, -0.25) is 9.48 Å². The van der Waals surface area contributed by atoms with Crippen molar-refractivity contribution in [3.05, 3.63) is 17.0 Å². The van der Waals surface area contributed by atoms with Crippen LogP contribution in [-0.2, 0) is 22.5 Å². The molecule has 0 radical (unpaired) electrons. The highest BCUT2D eigenvalue weighted by Crippen LogP contribution is 2.19. The predicted octanol–water partition coefficient (Wildman–Crippen LogP) is 2.48. The van der Waals surface area contributed by atoms with Crippen molar-refractivity contribution in [1.82, 2.24) is 14.7 Å². The highest BCUT2D eigenvalue weighted by Gasteiger charge is 2.25. The second kappa shape index (κ2) is 10.9. The minimum Gasteiger partial charge on any atom is -0.378 e. The number of rotatable bonds is 8. The summed E-state index contributed by atoms with van der Waals surface area (Å²) in [5, 5.41) is 4.62. The molecule has 1 aliphatic heterocycles. The first-order valence-electron chi connectivity index (χ1n) is 9.54. The van der Waals surface area contributed by atoms with Gasteiger partial charge in [0.1, 0.15) is 0 Å². The maximum Gasteiger partial charge on any atom is 0.227 e. The molecule has 2 rings (SSSR count). The summed E-state index contributed by atoms with van der Waals surface area (Å²) in [6.45, 7) is 12.3. The highest BCUT2D eigenvalue weighted by atomic mass is 35.5. The molecule has 1 aromatic heterocycles. The van der Waals surface area contributed by atoms with E-state index in [1.54, 1.807) is 0 Å². The van der Waals surface area contributed by atoms with Gasteiger partial charge in [0.25, 0.3) is 0 Å². The molecule has 2 N–H and O–H groups in total. The van der Waals surface area contributed by atoms with Crippen molar-refractivity contribution in [3.63, 3.8) is 0 Å². The third kappa shape index (κ3) is 6.25. The van der Waals surface area contributed by atoms with Crippen molar-refractivity contribution in [2.75, 3.05) is 26.2 Å². The van der Waals surface area contributed by atoms with E-state index in [0.717, 1.165) is 62.5 Å². The second-order valence-electron chi connectivity index (χ2n) is 7.50. The fourth-order valence-electron chi connectivity index (χ4n) is 3.38. The molecule has 0 atom stereocenters. The van der Waals surface area contributed by atoms with E-state index in [0.29, 0.717) is 18.9 Å². The Morgan fingerprint density at radius 3 is 2.54 bits per heavy atom. The topological polar surface area (TPSA) is 73.4 Å². The van der Waals surface area contributed by atoms with Crippen molar-refractivity contribution < 1.29 is 9.53 Å². The van der Waals surface area contributed by atoms with Crippen LogP contribution in [0.3, 0.4) is 0 Å². The average Bonchev–Trinajstić information content (AvgIpc) is 2.82. The van der Waals surface area contributed by atoms with Crippen molar-refractivity contribution >= 4 is 18.3 Å². The fraction of sp³-hybridized carbons (Fsp3) is 0.789. The zero-order valence-electron chi connectivity index (χ0n) is 16.7. The Bertz CT molecular complexity index is 566. The molecule has 2 heterocycles. The smallest absolute Gasteiger partial charge is 0.227 e. The number of ether oxygens (including phenoxy) is 1. The van der Waals surface area contributed by atoms with Crippen LogP contribution in [0.1, 0.15) is 50.1 Å². The first kappa shape index (κ1) is 22.9. The zero-order valence-corrected chi connectivity index (χ0v) is 17.5. The molecule has 0 aromatic carbocycles. The van der Waals surface area contributed by atoms with E-state index in [-0.39, 0.29) is 24.4 Å². The summed E-state index contributed by atoms with van der Waals surface area (Å²) < 4.78 is 7.86. The van der Waals surface area contributed by atoms with Crippen LogP contribution in [0.15, 0.2) is 0 Å². The summed E-state index contributed by atoms with van der Waals surface area (Å²) in [5.41, 5.74) is 8.68. The number of piperidine rings is 1. The number of halogens is 1. The SMILES string of the molecule is Cc1nn(CC(C)C)c(C)c1CC(=O)N1CCC(OCCCN)CC1.Cl. The van der Waals surface area contributed by atoms with Gasteiger partial charge in [-0.25, -0.2) is 0 Å². The standard InChI is InChI=1S/C19H34N4O2.ClH/c1-14(2)13-23-16(4)18(15(3)21-23)12-19(24)22-9-6-17(7-10-22)25-11-5-8-20;/h14,17H,5-13,20H2,1-4H3;1H. The lowest BCUT2D eigenvalue weighted by atomic mass is 10.0. The summed E-state index contributed by atoms with van der Waals surface area (Å²) in [6.07, 6.45) is 3.46. The van der Waals surface area contributed by atoms with Gasteiger partial charge in [-0.1, -0.05) is 13.8 Å². The van der Waals surface area contributed by atoms with E-state index < -0.39 is 0 Å². The number of aromatic nitrogens is 2. The molecular formula is C19H35ClN4O2. The molecule has 7 heteroatoms. The van der Waals surface area contributed by atoms with E-state index in [4.69, 9.17) is 10.5 Å². The quantitative estimate of drug-likeness (QED) is 0.696. The van der Waals surface area contributed by atoms with Gasteiger partial charge < -0.3 is 15.4 Å². The lowest BCUT2D eigenvalue weighted by molar-refractivity contribution is -0.133. The molecule has 1 fully saturated rings. The average molecular weight is 387 g/mol. The van der Waals surface area contributed by atoms with Gasteiger partial charge in [0.05, 0.1) is 18.2 Å². The maximum absolute atomic E-state index is 12.7. The Morgan fingerprint density at radius 2 is 1.96 bits per heavy atom. The molecule has 0 bridgehead atoms. The van der Waals surface area contributed by atoms with E-state index in [1.165, 1.54) is 0 Å². The normalized spacial score (nSPS) is 15.4. The Labute approximate surface area is 163 Å². The van der Waals surface area contributed by atoms with Gasteiger partial charge in [0.15, 0.2) is 0 Å². The molecule has 1 amide bonds. The number of carbonyl (C=O) groups is 1. The number of amides is 1. The Hall–Kier alpha value is -1.11. The summed E-state index contributed by atoms with van der Waals surface area (Å²) >= 11 is 0. The molecule has 6 nitrogen and oxygen atoms in total. The van der Waals surface area contributed by atoms with Crippen LogP contribution in [0, 0.1) is 19.8 Å². The van der Waals surface area contributed by atoms with Gasteiger partial charge in [0, 0.05) is 37.5 Å². The molecule has 0 saturated carbocycles. The number of carbonyl (C=O) groups excluding carboxylic acids is 1. The lowest BCUT2D eigenvalue weighted by Gasteiger charge is -2.32.